The van der Waals surface area contributed by atoms with Crippen molar-refractivity contribution in [2.45, 2.75) is 31.9 Å². The van der Waals surface area contributed by atoms with Gasteiger partial charge in [-0.05, 0) is 31.9 Å². The Morgan fingerprint density at radius 2 is 2.12 bits per heavy atom. The molecule has 0 saturated carbocycles. The summed E-state index contributed by atoms with van der Waals surface area (Å²) in [7, 11) is -3.88. The SMILES string of the molecule is C[C@@H](C(=O)NC[C@@H]1CCCO1)N(c1ccc(F)c(F)c1)S(C)(=O)=O. The van der Waals surface area contributed by atoms with Crippen molar-refractivity contribution in [1.82, 2.24) is 5.32 Å². The average molecular weight is 362 g/mol. The fourth-order valence-corrected chi connectivity index (χ4v) is 3.77. The Kier molecular flexibility index (Phi) is 5.76. The summed E-state index contributed by atoms with van der Waals surface area (Å²) >= 11 is 0. The predicted octanol–water partition coefficient (Wildman–Crippen LogP) is 1.41. The van der Waals surface area contributed by atoms with Gasteiger partial charge in [0.2, 0.25) is 15.9 Å². The fourth-order valence-electron chi connectivity index (χ4n) is 2.60. The molecule has 0 unspecified atom stereocenters. The third-order valence-corrected chi connectivity index (χ3v) is 5.02. The van der Waals surface area contributed by atoms with E-state index in [4.69, 9.17) is 4.74 Å². The van der Waals surface area contributed by atoms with Crippen molar-refractivity contribution >= 4 is 21.6 Å². The maximum Gasteiger partial charge on any atom is 0.243 e. The summed E-state index contributed by atoms with van der Waals surface area (Å²) in [6, 6.07) is 1.56. The van der Waals surface area contributed by atoms with Crippen LogP contribution >= 0.6 is 0 Å². The second-order valence-electron chi connectivity index (χ2n) is 5.71. The molecule has 1 fully saturated rings. The largest absolute Gasteiger partial charge is 0.376 e. The van der Waals surface area contributed by atoms with Gasteiger partial charge in [-0.25, -0.2) is 17.2 Å². The number of benzene rings is 1. The maximum atomic E-state index is 13.4. The van der Waals surface area contributed by atoms with Crippen LogP contribution in [-0.4, -0.2) is 45.9 Å². The van der Waals surface area contributed by atoms with E-state index >= 15 is 0 Å². The summed E-state index contributed by atoms with van der Waals surface area (Å²) < 4.78 is 56.7. The number of sulfonamides is 1. The van der Waals surface area contributed by atoms with Crippen LogP contribution in [0.25, 0.3) is 0 Å². The van der Waals surface area contributed by atoms with Crippen LogP contribution in [0.15, 0.2) is 18.2 Å². The molecule has 0 spiro atoms. The van der Waals surface area contributed by atoms with Crippen molar-refractivity contribution in [3.05, 3.63) is 29.8 Å². The molecule has 134 valence electrons. The van der Waals surface area contributed by atoms with Crippen molar-refractivity contribution in [1.29, 1.82) is 0 Å². The van der Waals surface area contributed by atoms with Gasteiger partial charge in [-0.3, -0.25) is 9.10 Å². The molecule has 0 aromatic heterocycles. The van der Waals surface area contributed by atoms with E-state index in [1.165, 1.54) is 6.92 Å². The van der Waals surface area contributed by atoms with Crippen molar-refractivity contribution < 1.29 is 26.7 Å². The summed E-state index contributed by atoms with van der Waals surface area (Å²) in [6.45, 7) is 2.30. The van der Waals surface area contributed by atoms with Gasteiger partial charge in [0.25, 0.3) is 0 Å². The highest BCUT2D eigenvalue weighted by Gasteiger charge is 2.30. The van der Waals surface area contributed by atoms with E-state index in [-0.39, 0.29) is 18.3 Å². The summed E-state index contributed by atoms with van der Waals surface area (Å²) in [5, 5.41) is 2.63. The third-order valence-electron chi connectivity index (χ3n) is 3.77. The molecular formula is C15H20F2N2O4S. The van der Waals surface area contributed by atoms with Crippen LogP contribution in [-0.2, 0) is 19.6 Å². The van der Waals surface area contributed by atoms with Gasteiger partial charge in [0.05, 0.1) is 18.0 Å². The molecule has 1 aliphatic rings. The molecule has 0 radical (unpaired) electrons. The molecule has 1 amide bonds. The lowest BCUT2D eigenvalue weighted by Crippen LogP contribution is -2.49. The van der Waals surface area contributed by atoms with Crippen molar-refractivity contribution in [2.24, 2.45) is 0 Å². The van der Waals surface area contributed by atoms with Crippen molar-refractivity contribution in [3.8, 4) is 0 Å². The lowest BCUT2D eigenvalue weighted by Gasteiger charge is -2.28. The minimum atomic E-state index is -3.88. The van der Waals surface area contributed by atoms with Crippen LogP contribution in [0, 0.1) is 11.6 Å². The first kappa shape index (κ1) is 18.6. The van der Waals surface area contributed by atoms with Crippen LogP contribution in [0.1, 0.15) is 19.8 Å². The molecular weight excluding hydrogens is 342 g/mol. The number of nitrogens with one attached hydrogen (secondary N) is 1. The lowest BCUT2D eigenvalue weighted by molar-refractivity contribution is -0.122. The minimum absolute atomic E-state index is 0.0869. The molecule has 0 bridgehead atoms. The van der Waals surface area contributed by atoms with E-state index in [1.54, 1.807) is 0 Å². The lowest BCUT2D eigenvalue weighted by atomic mass is 10.2. The average Bonchev–Trinajstić information content (AvgIpc) is 3.00. The monoisotopic (exact) mass is 362 g/mol. The zero-order valence-corrected chi connectivity index (χ0v) is 14.3. The van der Waals surface area contributed by atoms with Gasteiger partial charge < -0.3 is 10.1 Å². The summed E-state index contributed by atoms with van der Waals surface area (Å²) in [5.74, 6) is -2.82. The molecule has 1 saturated heterocycles. The number of amides is 1. The van der Waals surface area contributed by atoms with Crippen LogP contribution in [0.3, 0.4) is 0 Å². The zero-order chi connectivity index (χ0) is 17.9. The van der Waals surface area contributed by atoms with Gasteiger partial charge >= 0.3 is 0 Å². The Hall–Kier alpha value is -1.74. The van der Waals surface area contributed by atoms with E-state index in [1.807, 2.05) is 0 Å². The Morgan fingerprint density at radius 3 is 2.67 bits per heavy atom. The normalized spacial score (nSPS) is 19.1. The number of hydrogen-bond donors (Lipinski definition) is 1. The Morgan fingerprint density at radius 1 is 1.42 bits per heavy atom. The number of ether oxygens (including phenoxy) is 1. The number of anilines is 1. The Balaban J connectivity index is 2.17. The highest BCUT2D eigenvalue weighted by molar-refractivity contribution is 7.92. The van der Waals surface area contributed by atoms with Gasteiger partial charge in [-0.15, -0.1) is 0 Å². The molecule has 24 heavy (non-hydrogen) atoms. The second-order valence-corrected chi connectivity index (χ2v) is 7.57. The van der Waals surface area contributed by atoms with E-state index in [2.05, 4.69) is 5.32 Å². The third kappa shape index (κ3) is 4.41. The number of hydrogen-bond acceptors (Lipinski definition) is 4. The quantitative estimate of drug-likeness (QED) is 0.830. The fraction of sp³-hybridized carbons (Fsp3) is 0.533. The molecule has 0 aliphatic carbocycles. The van der Waals surface area contributed by atoms with Gasteiger partial charge in [0.15, 0.2) is 11.6 Å². The minimum Gasteiger partial charge on any atom is -0.376 e. The molecule has 9 heteroatoms. The maximum absolute atomic E-state index is 13.4. The molecule has 1 aliphatic heterocycles. The van der Waals surface area contributed by atoms with Gasteiger partial charge in [0, 0.05) is 19.2 Å². The van der Waals surface area contributed by atoms with Gasteiger partial charge in [0.1, 0.15) is 6.04 Å². The highest BCUT2D eigenvalue weighted by Crippen LogP contribution is 2.23. The second kappa shape index (κ2) is 7.43. The van der Waals surface area contributed by atoms with Gasteiger partial charge in [-0.2, -0.15) is 0 Å². The van der Waals surface area contributed by atoms with E-state index in [0.29, 0.717) is 6.61 Å². The first-order valence-corrected chi connectivity index (χ1v) is 9.38. The van der Waals surface area contributed by atoms with Gasteiger partial charge in [-0.1, -0.05) is 0 Å². The summed E-state index contributed by atoms with van der Waals surface area (Å²) in [6.07, 6.45) is 2.56. The molecule has 2 rings (SSSR count). The van der Waals surface area contributed by atoms with Crippen LogP contribution in [0.5, 0.6) is 0 Å². The molecule has 2 atom stereocenters. The standard InChI is InChI=1S/C15H20F2N2O4S/c1-10(15(20)18-9-12-4-3-7-23-12)19(24(2,21)22)11-5-6-13(16)14(17)8-11/h5-6,8,10,12H,3-4,7,9H2,1-2H3,(H,18,20)/t10-,12-/m0/s1. The first-order chi connectivity index (χ1) is 11.2. The van der Waals surface area contributed by atoms with Crippen LogP contribution in [0.4, 0.5) is 14.5 Å². The Bertz CT molecular complexity index is 705. The zero-order valence-electron chi connectivity index (χ0n) is 13.5. The molecule has 1 aromatic carbocycles. The number of nitrogens with zero attached hydrogens (tertiary/aromatic N) is 1. The highest BCUT2D eigenvalue weighted by atomic mass is 32.2. The number of carbonyl (C=O) groups is 1. The number of carbonyl (C=O) groups excluding carboxylic acids is 1. The molecule has 1 N–H and O–H groups in total. The molecule has 6 nitrogen and oxygen atoms in total. The summed E-state index contributed by atoms with van der Waals surface area (Å²) in [4.78, 5) is 12.3. The summed E-state index contributed by atoms with van der Waals surface area (Å²) in [5.41, 5.74) is -0.115. The molecule has 1 aromatic rings. The number of rotatable bonds is 6. The van der Waals surface area contributed by atoms with E-state index in [0.717, 1.165) is 41.6 Å². The van der Waals surface area contributed by atoms with Crippen LogP contribution in [0.2, 0.25) is 0 Å². The van der Waals surface area contributed by atoms with Crippen LogP contribution < -0.4 is 9.62 Å². The number of halogens is 2. The van der Waals surface area contributed by atoms with Crippen molar-refractivity contribution in [2.75, 3.05) is 23.7 Å². The predicted molar refractivity (Wildman–Crippen MR) is 85.1 cm³/mol. The first-order valence-electron chi connectivity index (χ1n) is 7.54. The Labute approximate surface area is 139 Å². The molecule has 1 heterocycles. The topological polar surface area (TPSA) is 75.7 Å². The van der Waals surface area contributed by atoms with E-state index < -0.39 is 33.6 Å². The van der Waals surface area contributed by atoms with E-state index in [9.17, 15) is 22.0 Å². The van der Waals surface area contributed by atoms with Crippen molar-refractivity contribution in [3.63, 3.8) is 0 Å². The smallest absolute Gasteiger partial charge is 0.243 e.